The van der Waals surface area contributed by atoms with E-state index in [1.54, 1.807) is 24.5 Å². The molecule has 8 heteroatoms. The van der Waals surface area contributed by atoms with Gasteiger partial charge in [0.15, 0.2) is 0 Å². The van der Waals surface area contributed by atoms with Crippen LogP contribution in [-0.2, 0) is 13.0 Å². The molecular weight excluding hydrogens is 350 g/mol. The van der Waals surface area contributed by atoms with Gasteiger partial charge in [-0.15, -0.1) is 11.3 Å². The highest BCUT2D eigenvalue weighted by Crippen LogP contribution is 2.23. The third-order valence-electron chi connectivity index (χ3n) is 3.81. The van der Waals surface area contributed by atoms with Crippen molar-refractivity contribution in [2.45, 2.75) is 26.8 Å². The number of rotatable bonds is 6. The molecule has 1 amide bonds. The summed E-state index contributed by atoms with van der Waals surface area (Å²) in [6.45, 7) is 4.46. The minimum Gasteiger partial charge on any atom is -0.334 e. The summed E-state index contributed by atoms with van der Waals surface area (Å²) in [4.78, 5) is 33.5. The summed E-state index contributed by atoms with van der Waals surface area (Å²) in [5.41, 5.74) is 2.05. The molecule has 0 aliphatic heterocycles. The van der Waals surface area contributed by atoms with Crippen molar-refractivity contribution in [2.24, 2.45) is 5.92 Å². The number of aromatic nitrogens is 4. The van der Waals surface area contributed by atoms with E-state index in [1.165, 1.54) is 4.90 Å². The van der Waals surface area contributed by atoms with Crippen LogP contribution in [0.1, 0.15) is 35.7 Å². The lowest BCUT2D eigenvalue weighted by Gasteiger charge is -2.16. The van der Waals surface area contributed by atoms with Crippen LogP contribution in [-0.4, -0.2) is 38.0 Å². The zero-order valence-electron chi connectivity index (χ0n) is 14.9. The third-order valence-corrected chi connectivity index (χ3v) is 4.70. The van der Waals surface area contributed by atoms with Gasteiger partial charge in [-0.2, -0.15) is 10.1 Å². The molecular formula is C18H21N5O2S. The van der Waals surface area contributed by atoms with E-state index in [4.69, 9.17) is 0 Å². The maximum atomic E-state index is 12.7. The fourth-order valence-electron chi connectivity index (χ4n) is 2.68. The fraction of sp³-hybridized carbons (Fsp3) is 0.333. The molecule has 0 bridgehead atoms. The van der Waals surface area contributed by atoms with Crippen LogP contribution in [0.5, 0.6) is 0 Å². The second kappa shape index (κ2) is 7.65. The maximum Gasteiger partial charge on any atom is 0.345 e. The first-order chi connectivity index (χ1) is 12.4. The largest absolute Gasteiger partial charge is 0.345 e. The Morgan fingerprint density at radius 1 is 1.31 bits per heavy atom. The van der Waals surface area contributed by atoms with Crippen LogP contribution >= 0.6 is 11.3 Å². The smallest absolute Gasteiger partial charge is 0.334 e. The summed E-state index contributed by atoms with van der Waals surface area (Å²) in [5, 5.41) is 9.23. The Balaban J connectivity index is 1.74. The van der Waals surface area contributed by atoms with Crippen LogP contribution in [0.3, 0.4) is 0 Å². The van der Waals surface area contributed by atoms with Gasteiger partial charge >= 0.3 is 5.69 Å². The third kappa shape index (κ3) is 4.26. The van der Waals surface area contributed by atoms with E-state index >= 15 is 0 Å². The average Bonchev–Trinajstić information content (AvgIpc) is 3.23. The van der Waals surface area contributed by atoms with Crippen LogP contribution in [0, 0.1) is 5.92 Å². The second-order valence-electron chi connectivity index (χ2n) is 6.61. The maximum absolute atomic E-state index is 12.7. The van der Waals surface area contributed by atoms with Gasteiger partial charge in [0.05, 0.1) is 17.1 Å². The summed E-state index contributed by atoms with van der Waals surface area (Å²) < 4.78 is 0. The van der Waals surface area contributed by atoms with E-state index < -0.39 is 5.69 Å². The molecule has 0 atom stereocenters. The van der Waals surface area contributed by atoms with E-state index in [1.807, 2.05) is 23.6 Å². The van der Waals surface area contributed by atoms with Gasteiger partial charge in [0, 0.05) is 12.7 Å². The van der Waals surface area contributed by atoms with Crippen molar-refractivity contribution >= 4 is 17.2 Å². The molecule has 0 spiro atoms. The topological polar surface area (TPSA) is 94.7 Å². The number of H-pyrrole nitrogens is 2. The van der Waals surface area contributed by atoms with Crippen LogP contribution in [0.2, 0.25) is 0 Å². The highest BCUT2D eigenvalue weighted by Gasteiger charge is 2.17. The van der Waals surface area contributed by atoms with Gasteiger partial charge in [-0.25, -0.2) is 4.79 Å². The second-order valence-corrected chi connectivity index (χ2v) is 7.56. The first-order valence-electron chi connectivity index (χ1n) is 8.36. The molecule has 0 aliphatic rings. The zero-order valence-corrected chi connectivity index (χ0v) is 15.8. The molecule has 3 heterocycles. The molecule has 7 nitrogen and oxygen atoms in total. The van der Waals surface area contributed by atoms with Gasteiger partial charge < -0.3 is 9.88 Å². The van der Waals surface area contributed by atoms with Crippen LogP contribution in [0.25, 0.3) is 10.6 Å². The fourth-order valence-corrected chi connectivity index (χ4v) is 3.37. The number of aromatic amines is 2. The molecule has 3 aromatic rings. The predicted molar refractivity (Wildman–Crippen MR) is 101 cm³/mol. The first kappa shape index (κ1) is 18.1. The number of amides is 1. The van der Waals surface area contributed by atoms with Crippen molar-refractivity contribution in [1.29, 1.82) is 0 Å². The summed E-state index contributed by atoms with van der Waals surface area (Å²) in [6.07, 6.45) is 0.687. The molecule has 3 aromatic heterocycles. The quantitative estimate of drug-likeness (QED) is 0.696. The molecule has 0 radical (unpaired) electrons. The van der Waals surface area contributed by atoms with Crippen LogP contribution in [0.15, 0.2) is 34.4 Å². The van der Waals surface area contributed by atoms with E-state index in [2.05, 4.69) is 34.0 Å². The first-order valence-corrected chi connectivity index (χ1v) is 9.24. The standard InChI is InChI=1S/C18H21N5O2S/c1-11(2)7-12-8-15(20-18(25)19-12)17(24)23(3)10-13-9-14(22-21-13)16-5-4-6-26-16/h4-6,8-9,11H,7,10H2,1-3H3,(H,21,22)(H,19,20,25). The molecule has 0 unspecified atom stereocenters. The van der Waals surface area contributed by atoms with Gasteiger partial charge in [0.2, 0.25) is 0 Å². The molecule has 2 N–H and O–H groups in total. The number of carbonyl (C=O) groups is 1. The lowest BCUT2D eigenvalue weighted by molar-refractivity contribution is 0.0777. The molecule has 0 aromatic carbocycles. The van der Waals surface area contributed by atoms with Crippen LogP contribution in [0.4, 0.5) is 0 Å². The Kier molecular flexibility index (Phi) is 5.32. The SMILES string of the molecule is CC(C)Cc1cc(C(=O)N(C)Cc2cc(-c3cccs3)n[nH]2)nc(=O)[nH]1. The molecule has 0 saturated carbocycles. The number of thiophene rings is 1. The van der Waals surface area contributed by atoms with Gasteiger partial charge in [0.1, 0.15) is 11.4 Å². The number of carbonyl (C=O) groups excluding carboxylic acids is 1. The highest BCUT2D eigenvalue weighted by molar-refractivity contribution is 7.13. The Bertz CT molecular complexity index is 943. The Hall–Kier alpha value is -2.74. The highest BCUT2D eigenvalue weighted by atomic mass is 32.1. The van der Waals surface area contributed by atoms with Crippen molar-refractivity contribution in [1.82, 2.24) is 25.1 Å². The minimum absolute atomic E-state index is 0.157. The Morgan fingerprint density at radius 3 is 2.81 bits per heavy atom. The lowest BCUT2D eigenvalue weighted by atomic mass is 10.1. The molecule has 26 heavy (non-hydrogen) atoms. The van der Waals surface area contributed by atoms with Gasteiger partial charge in [-0.1, -0.05) is 19.9 Å². The molecule has 0 fully saturated rings. The van der Waals surface area contributed by atoms with E-state index in [0.717, 1.165) is 22.0 Å². The lowest BCUT2D eigenvalue weighted by Crippen LogP contribution is -2.30. The van der Waals surface area contributed by atoms with Crippen molar-refractivity contribution in [3.63, 3.8) is 0 Å². The van der Waals surface area contributed by atoms with Crippen molar-refractivity contribution < 1.29 is 4.79 Å². The Labute approximate surface area is 155 Å². The number of nitrogens with zero attached hydrogens (tertiary/aromatic N) is 3. The van der Waals surface area contributed by atoms with E-state index in [0.29, 0.717) is 18.9 Å². The summed E-state index contributed by atoms with van der Waals surface area (Å²) >= 11 is 1.61. The predicted octanol–water partition coefficient (Wildman–Crippen LogP) is 2.69. The summed E-state index contributed by atoms with van der Waals surface area (Å²) in [5.74, 6) is 0.0720. The van der Waals surface area contributed by atoms with Crippen LogP contribution < -0.4 is 5.69 Å². The monoisotopic (exact) mass is 371 g/mol. The number of hydrogen-bond donors (Lipinski definition) is 2. The summed E-state index contributed by atoms with van der Waals surface area (Å²) in [6, 6.07) is 7.54. The van der Waals surface area contributed by atoms with Crippen molar-refractivity contribution in [2.75, 3.05) is 7.05 Å². The van der Waals surface area contributed by atoms with Crippen molar-refractivity contribution in [3.8, 4) is 10.6 Å². The number of hydrogen-bond acceptors (Lipinski definition) is 5. The molecule has 0 aliphatic carbocycles. The van der Waals surface area contributed by atoms with Gasteiger partial charge in [-0.3, -0.25) is 9.89 Å². The zero-order chi connectivity index (χ0) is 18.7. The van der Waals surface area contributed by atoms with Gasteiger partial charge in [-0.05, 0) is 35.9 Å². The minimum atomic E-state index is -0.499. The number of nitrogens with one attached hydrogen (secondary N) is 2. The molecule has 136 valence electrons. The Morgan fingerprint density at radius 2 is 2.12 bits per heavy atom. The molecule has 0 saturated heterocycles. The average molecular weight is 371 g/mol. The summed E-state index contributed by atoms with van der Waals surface area (Å²) in [7, 11) is 1.68. The molecule has 3 rings (SSSR count). The normalized spacial score (nSPS) is 11.1. The van der Waals surface area contributed by atoms with Crippen molar-refractivity contribution in [3.05, 3.63) is 57.2 Å². The van der Waals surface area contributed by atoms with E-state index in [-0.39, 0.29) is 11.6 Å². The van der Waals surface area contributed by atoms with E-state index in [9.17, 15) is 9.59 Å². The van der Waals surface area contributed by atoms with Gasteiger partial charge in [0.25, 0.3) is 5.91 Å².